The van der Waals surface area contributed by atoms with Crippen LogP contribution in [0.25, 0.3) is 0 Å². The fourth-order valence-electron chi connectivity index (χ4n) is 1.08. The SMILES string of the molecule is Cc1nc(C)c(CNOCC(C)C)s1. The Morgan fingerprint density at radius 2 is 2.14 bits per heavy atom. The van der Waals surface area contributed by atoms with Crippen molar-refractivity contribution in [3.63, 3.8) is 0 Å². The minimum absolute atomic E-state index is 0.562. The molecule has 1 N–H and O–H groups in total. The molecule has 0 spiro atoms. The van der Waals surface area contributed by atoms with Crippen molar-refractivity contribution in [3.8, 4) is 0 Å². The van der Waals surface area contributed by atoms with Crippen LogP contribution in [0.4, 0.5) is 0 Å². The first-order valence-corrected chi connectivity index (χ1v) is 5.68. The van der Waals surface area contributed by atoms with Gasteiger partial charge in [-0.3, -0.25) is 0 Å². The van der Waals surface area contributed by atoms with Crippen LogP contribution < -0.4 is 5.48 Å². The number of nitrogens with zero attached hydrogens (tertiary/aromatic N) is 1. The number of aromatic nitrogens is 1. The summed E-state index contributed by atoms with van der Waals surface area (Å²) in [6, 6.07) is 0. The lowest BCUT2D eigenvalue weighted by molar-refractivity contribution is 0.0200. The van der Waals surface area contributed by atoms with Gasteiger partial charge < -0.3 is 4.84 Å². The summed E-state index contributed by atoms with van der Waals surface area (Å²) >= 11 is 1.72. The molecule has 0 saturated heterocycles. The molecule has 0 amide bonds. The van der Waals surface area contributed by atoms with Crippen LogP contribution in [0.3, 0.4) is 0 Å². The highest BCUT2D eigenvalue weighted by molar-refractivity contribution is 7.11. The Morgan fingerprint density at radius 1 is 1.43 bits per heavy atom. The van der Waals surface area contributed by atoms with Crippen LogP contribution in [-0.4, -0.2) is 11.6 Å². The van der Waals surface area contributed by atoms with Crippen LogP contribution in [-0.2, 0) is 11.4 Å². The molecule has 0 bridgehead atoms. The Morgan fingerprint density at radius 3 is 2.64 bits per heavy atom. The van der Waals surface area contributed by atoms with Crippen molar-refractivity contribution in [1.82, 2.24) is 10.5 Å². The Balaban J connectivity index is 2.28. The third-order valence-corrected chi connectivity index (χ3v) is 2.82. The highest BCUT2D eigenvalue weighted by atomic mass is 32.1. The molecular formula is C10H18N2OS. The summed E-state index contributed by atoms with van der Waals surface area (Å²) in [7, 11) is 0. The molecule has 3 nitrogen and oxygen atoms in total. The van der Waals surface area contributed by atoms with Crippen molar-refractivity contribution in [2.24, 2.45) is 5.92 Å². The lowest BCUT2D eigenvalue weighted by Crippen LogP contribution is -2.17. The topological polar surface area (TPSA) is 34.2 Å². The van der Waals surface area contributed by atoms with Gasteiger partial charge in [0.15, 0.2) is 0 Å². The maximum Gasteiger partial charge on any atom is 0.0900 e. The molecule has 14 heavy (non-hydrogen) atoms. The number of hydroxylamine groups is 1. The van der Waals surface area contributed by atoms with Crippen LogP contribution in [0.15, 0.2) is 0 Å². The van der Waals surface area contributed by atoms with Crippen molar-refractivity contribution in [1.29, 1.82) is 0 Å². The van der Waals surface area contributed by atoms with E-state index in [4.69, 9.17) is 4.84 Å². The Bertz CT molecular complexity index is 284. The van der Waals surface area contributed by atoms with E-state index in [1.165, 1.54) is 4.88 Å². The summed E-state index contributed by atoms with van der Waals surface area (Å²) in [5.41, 5.74) is 4.06. The molecule has 0 radical (unpaired) electrons. The van der Waals surface area contributed by atoms with E-state index >= 15 is 0 Å². The van der Waals surface area contributed by atoms with Gasteiger partial charge in [-0.15, -0.1) is 11.3 Å². The average molecular weight is 214 g/mol. The molecule has 0 aliphatic rings. The molecule has 0 saturated carbocycles. The summed E-state index contributed by atoms with van der Waals surface area (Å²) < 4.78 is 0. The van der Waals surface area contributed by atoms with Gasteiger partial charge in [0.1, 0.15) is 0 Å². The third kappa shape index (κ3) is 3.74. The maximum absolute atomic E-state index is 5.29. The minimum Gasteiger partial charge on any atom is -0.301 e. The molecule has 80 valence electrons. The van der Waals surface area contributed by atoms with Gasteiger partial charge in [0.05, 0.1) is 23.9 Å². The standard InChI is InChI=1S/C10H18N2OS/c1-7(2)6-13-11-5-10-8(3)12-9(4)14-10/h7,11H,5-6H2,1-4H3. The Labute approximate surface area is 89.5 Å². The van der Waals surface area contributed by atoms with E-state index in [2.05, 4.69) is 24.3 Å². The van der Waals surface area contributed by atoms with E-state index in [1.807, 2.05) is 13.8 Å². The zero-order valence-electron chi connectivity index (χ0n) is 9.26. The van der Waals surface area contributed by atoms with Crippen molar-refractivity contribution < 1.29 is 4.84 Å². The summed E-state index contributed by atoms with van der Waals surface area (Å²) in [5.74, 6) is 0.562. The number of hydrogen-bond donors (Lipinski definition) is 1. The van der Waals surface area contributed by atoms with Crippen molar-refractivity contribution in [2.75, 3.05) is 6.61 Å². The molecule has 0 aromatic carbocycles. The van der Waals surface area contributed by atoms with E-state index < -0.39 is 0 Å². The predicted octanol–water partition coefficient (Wildman–Crippen LogP) is 2.44. The summed E-state index contributed by atoms with van der Waals surface area (Å²) in [5, 5.41) is 1.11. The summed E-state index contributed by atoms with van der Waals surface area (Å²) in [6.45, 7) is 9.81. The predicted molar refractivity (Wildman–Crippen MR) is 59.2 cm³/mol. The van der Waals surface area contributed by atoms with Gasteiger partial charge in [0.2, 0.25) is 0 Å². The normalized spacial score (nSPS) is 11.2. The second-order valence-electron chi connectivity index (χ2n) is 3.77. The molecule has 1 rings (SSSR count). The second-order valence-corrected chi connectivity index (χ2v) is 5.06. The Kier molecular flexibility index (Phi) is 4.51. The van der Waals surface area contributed by atoms with Crippen LogP contribution in [0.2, 0.25) is 0 Å². The highest BCUT2D eigenvalue weighted by Gasteiger charge is 2.03. The van der Waals surface area contributed by atoms with Crippen molar-refractivity contribution in [2.45, 2.75) is 34.2 Å². The molecule has 1 heterocycles. The first kappa shape index (κ1) is 11.6. The van der Waals surface area contributed by atoms with Gasteiger partial charge in [-0.25, -0.2) is 4.98 Å². The highest BCUT2D eigenvalue weighted by Crippen LogP contribution is 2.16. The van der Waals surface area contributed by atoms with Gasteiger partial charge in [0.25, 0.3) is 0 Å². The molecular weight excluding hydrogens is 196 g/mol. The van der Waals surface area contributed by atoms with E-state index in [0.29, 0.717) is 5.92 Å². The summed E-state index contributed by atoms with van der Waals surface area (Å²) in [4.78, 5) is 10.9. The van der Waals surface area contributed by atoms with Gasteiger partial charge in [-0.2, -0.15) is 5.48 Å². The van der Waals surface area contributed by atoms with E-state index in [9.17, 15) is 0 Å². The van der Waals surface area contributed by atoms with Gasteiger partial charge in [-0.1, -0.05) is 13.8 Å². The first-order chi connectivity index (χ1) is 6.59. The maximum atomic E-state index is 5.29. The van der Waals surface area contributed by atoms with E-state index in [-0.39, 0.29) is 0 Å². The van der Waals surface area contributed by atoms with Crippen molar-refractivity contribution >= 4 is 11.3 Å². The monoisotopic (exact) mass is 214 g/mol. The fourth-order valence-corrected chi connectivity index (χ4v) is 1.94. The lowest BCUT2D eigenvalue weighted by atomic mass is 10.2. The number of rotatable bonds is 5. The smallest absolute Gasteiger partial charge is 0.0900 e. The second kappa shape index (κ2) is 5.44. The molecule has 1 aromatic heterocycles. The largest absolute Gasteiger partial charge is 0.301 e. The molecule has 0 unspecified atom stereocenters. The van der Waals surface area contributed by atoms with Crippen LogP contribution in [0.5, 0.6) is 0 Å². The quantitative estimate of drug-likeness (QED) is 0.604. The molecule has 4 heteroatoms. The first-order valence-electron chi connectivity index (χ1n) is 4.87. The Hall–Kier alpha value is -0.450. The van der Waals surface area contributed by atoms with E-state index in [0.717, 1.165) is 23.9 Å². The minimum atomic E-state index is 0.562. The molecule has 0 atom stereocenters. The molecule has 0 aliphatic carbocycles. The molecule has 0 fully saturated rings. The molecule has 0 aliphatic heterocycles. The summed E-state index contributed by atoms with van der Waals surface area (Å²) in [6.07, 6.45) is 0. The number of thiazole rings is 1. The van der Waals surface area contributed by atoms with Crippen LogP contribution in [0, 0.1) is 19.8 Å². The van der Waals surface area contributed by atoms with Crippen LogP contribution >= 0.6 is 11.3 Å². The molecule has 1 aromatic rings. The third-order valence-electron chi connectivity index (χ3n) is 1.75. The zero-order chi connectivity index (χ0) is 10.6. The van der Waals surface area contributed by atoms with Gasteiger partial charge >= 0.3 is 0 Å². The number of hydrogen-bond acceptors (Lipinski definition) is 4. The van der Waals surface area contributed by atoms with Gasteiger partial charge in [-0.05, 0) is 19.8 Å². The van der Waals surface area contributed by atoms with Crippen molar-refractivity contribution in [3.05, 3.63) is 15.6 Å². The average Bonchev–Trinajstić information content (AvgIpc) is 2.39. The number of aryl methyl sites for hydroxylation is 2. The van der Waals surface area contributed by atoms with E-state index in [1.54, 1.807) is 11.3 Å². The number of nitrogens with one attached hydrogen (secondary N) is 1. The van der Waals surface area contributed by atoms with Gasteiger partial charge in [0, 0.05) is 4.88 Å². The zero-order valence-corrected chi connectivity index (χ0v) is 10.1. The van der Waals surface area contributed by atoms with Crippen LogP contribution in [0.1, 0.15) is 29.4 Å². The fraction of sp³-hybridized carbons (Fsp3) is 0.700. The lowest BCUT2D eigenvalue weighted by Gasteiger charge is -2.06.